The predicted molar refractivity (Wildman–Crippen MR) is 48.9 cm³/mol. The highest BCUT2D eigenvalue weighted by molar-refractivity contribution is 5.31. The van der Waals surface area contributed by atoms with Gasteiger partial charge in [-0.3, -0.25) is 4.79 Å². The van der Waals surface area contributed by atoms with E-state index in [1.807, 2.05) is 0 Å². The quantitative estimate of drug-likeness (QED) is 0.782. The molecular weight excluding hydrogens is 208 g/mol. The molecule has 1 aromatic rings. The zero-order chi connectivity index (χ0) is 11.7. The van der Waals surface area contributed by atoms with E-state index < -0.39 is 29.4 Å². The number of aromatic nitrogens is 1. The van der Waals surface area contributed by atoms with E-state index >= 15 is 0 Å². The predicted octanol–water partition coefficient (Wildman–Crippen LogP) is 1.08. The molecule has 0 spiro atoms. The molecule has 1 unspecified atom stereocenters. The average molecular weight is 219 g/mol. The van der Waals surface area contributed by atoms with Gasteiger partial charge in [0.25, 0.3) is 6.43 Å². The minimum atomic E-state index is -2.83. The van der Waals surface area contributed by atoms with Crippen molar-refractivity contribution in [2.24, 2.45) is 7.05 Å². The van der Waals surface area contributed by atoms with E-state index in [9.17, 15) is 23.8 Å². The Morgan fingerprint density at radius 3 is 2.40 bits per heavy atom. The van der Waals surface area contributed by atoms with Crippen LogP contribution in [0.5, 0.6) is 5.75 Å². The molecule has 0 aliphatic heterocycles. The normalized spacial score (nSPS) is 13.2. The Bertz CT molecular complexity index is 426. The maximum atomic E-state index is 12.5. The third-order valence-corrected chi connectivity index (χ3v) is 2.12. The minimum Gasteiger partial charge on any atom is -0.503 e. The smallest absolute Gasteiger partial charge is 0.278 e. The number of aliphatic hydroxyl groups is 1. The molecule has 4 nitrogen and oxygen atoms in total. The number of alkyl halides is 2. The Hall–Kier alpha value is -1.43. The van der Waals surface area contributed by atoms with Crippen LogP contribution in [-0.4, -0.2) is 14.8 Å². The molecule has 0 aliphatic carbocycles. The van der Waals surface area contributed by atoms with Crippen molar-refractivity contribution in [2.45, 2.75) is 19.5 Å². The van der Waals surface area contributed by atoms with Crippen LogP contribution in [0.1, 0.15) is 30.8 Å². The summed E-state index contributed by atoms with van der Waals surface area (Å²) in [6, 6.07) is 0.659. The Kier molecular flexibility index (Phi) is 3.09. The minimum absolute atomic E-state index is 0.210. The van der Waals surface area contributed by atoms with Gasteiger partial charge in [0.05, 0.1) is 17.5 Å². The lowest BCUT2D eigenvalue weighted by molar-refractivity contribution is 0.135. The van der Waals surface area contributed by atoms with Gasteiger partial charge in [0.1, 0.15) is 0 Å². The molecule has 1 aromatic heterocycles. The van der Waals surface area contributed by atoms with Crippen LogP contribution in [0.15, 0.2) is 10.9 Å². The van der Waals surface area contributed by atoms with E-state index in [-0.39, 0.29) is 5.69 Å². The molecule has 0 saturated heterocycles. The van der Waals surface area contributed by atoms with E-state index in [1.54, 1.807) is 0 Å². The van der Waals surface area contributed by atoms with Crippen LogP contribution < -0.4 is 5.43 Å². The number of rotatable bonds is 2. The average Bonchev–Trinajstić information content (AvgIpc) is 2.10. The van der Waals surface area contributed by atoms with Crippen LogP contribution in [0.25, 0.3) is 0 Å². The molecule has 0 saturated carbocycles. The Morgan fingerprint density at radius 1 is 1.47 bits per heavy atom. The summed E-state index contributed by atoms with van der Waals surface area (Å²) >= 11 is 0. The Morgan fingerprint density at radius 2 is 2.00 bits per heavy atom. The monoisotopic (exact) mass is 219 g/mol. The fourth-order valence-electron chi connectivity index (χ4n) is 1.41. The van der Waals surface area contributed by atoms with Crippen molar-refractivity contribution in [1.82, 2.24) is 4.57 Å². The van der Waals surface area contributed by atoms with Crippen LogP contribution in [0.3, 0.4) is 0 Å². The van der Waals surface area contributed by atoms with Gasteiger partial charge in [-0.05, 0) is 6.92 Å². The van der Waals surface area contributed by atoms with Gasteiger partial charge in [0.15, 0.2) is 5.75 Å². The van der Waals surface area contributed by atoms with Crippen LogP contribution in [-0.2, 0) is 7.05 Å². The molecule has 1 atom stereocenters. The first-order valence-electron chi connectivity index (χ1n) is 4.25. The van der Waals surface area contributed by atoms with Gasteiger partial charge in [-0.1, -0.05) is 0 Å². The maximum absolute atomic E-state index is 12.5. The van der Waals surface area contributed by atoms with E-state index in [4.69, 9.17) is 0 Å². The second-order valence-corrected chi connectivity index (χ2v) is 3.20. The van der Waals surface area contributed by atoms with Crippen molar-refractivity contribution in [3.63, 3.8) is 0 Å². The highest BCUT2D eigenvalue weighted by Gasteiger charge is 2.20. The van der Waals surface area contributed by atoms with Crippen LogP contribution in [0.4, 0.5) is 8.78 Å². The summed E-state index contributed by atoms with van der Waals surface area (Å²) < 4.78 is 25.8. The lowest BCUT2D eigenvalue weighted by Crippen LogP contribution is -2.17. The molecular formula is C9H11F2NO3. The molecule has 1 heterocycles. The fourth-order valence-corrected chi connectivity index (χ4v) is 1.41. The maximum Gasteiger partial charge on any atom is 0.278 e. The Labute approximate surface area is 84.4 Å². The van der Waals surface area contributed by atoms with E-state index in [1.165, 1.54) is 14.0 Å². The van der Waals surface area contributed by atoms with Gasteiger partial charge in [-0.15, -0.1) is 0 Å². The number of halogens is 2. The molecule has 0 aromatic carbocycles. The van der Waals surface area contributed by atoms with Gasteiger partial charge in [0.2, 0.25) is 5.43 Å². The zero-order valence-electron chi connectivity index (χ0n) is 8.24. The van der Waals surface area contributed by atoms with Crippen LogP contribution >= 0.6 is 0 Å². The number of hydrogen-bond donors (Lipinski definition) is 2. The molecule has 0 amide bonds. The van der Waals surface area contributed by atoms with Gasteiger partial charge < -0.3 is 14.8 Å². The van der Waals surface area contributed by atoms with Gasteiger partial charge in [-0.2, -0.15) is 0 Å². The molecule has 0 radical (unpaired) electrons. The van der Waals surface area contributed by atoms with Gasteiger partial charge >= 0.3 is 0 Å². The Balaban J connectivity index is 3.56. The highest BCUT2D eigenvalue weighted by atomic mass is 19.3. The van der Waals surface area contributed by atoms with E-state index in [2.05, 4.69) is 0 Å². The SMILES string of the molecule is CC(O)c1c(O)c(=O)cc(C(F)F)n1C. The van der Waals surface area contributed by atoms with Crippen molar-refractivity contribution < 1.29 is 19.0 Å². The number of aliphatic hydroxyl groups excluding tert-OH is 1. The van der Waals surface area contributed by atoms with Crippen LogP contribution in [0, 0.1) is 0 Å². The highest BCUT2D eigenvalue weighted by Crippen LogP contribution is 2.25. The molecule has 84 valence electrons. The standard InChI is InChI=1S/C9H11F2NO3/c1-4(13)7-8(15)6(14)3-5(9(10)11)12(7)2/h3-4,9,13,15H,1-2H3. The molecule has 0 bridgehead atoms. The summed E-state index contributed by atoms with van der Waals surface area (Å²) in [5, 5.41) is 18.6. The van der Waals surface area contributed by atoms with Crippen molar-refractivity contribution in [2.75, 3.05) is 0 Å². The van der Waals surface area contributed by atoms with E-state index in [0.29, 0.717) is 6.07 Å². The lowest BCUT2D eigenvalue weighted by atomic mass is 10.2. The van der Waals surface area contributed by atoms with E-state index in [0.717, 1.165) is 4.57 Å². The molecule has 0 fully saturated rings. The topological polar surface area (TPSA) is 62.5 Å². The summed E-state index contributed by atoms with van der Waals surface area (Å²) in [4.78, 5) is 11.1. The summed E-state index contributed by atoms with van der Waals surface area (Å²) in [6.45, 7) is 1.28. The first-order chi connectivity index (χ1) is 6.86. The number of pyridine rings is 1. The largest absolute Gasteiger partial charge is 0.503 e. The summed E-state index contributed by atoms with van der Waals surface area (Å²) in [5.74, 6) is -0.697. The van der Waals surface area contributed by atoms with Crippen molar-refractivity contribution in [3.05, 3.63) is 27.7 Å². The number of nitrogens with zero attached hydrogens (tertiary/aromatic N) is 1. The first kappa shape index (κ1) is 11.6. The number of aromatic hydroxyl groups is 1. The van der Waals surface area contributed by atoms with Crippen LogP contribution in [0.2, 0.25) is 0 Å². The first-order valence-corrected chi connectivity index (χ1v) is 4.25. The third kappa shape index (κ3) is 1.99. The van der Waals surface area contributed by atoms with Crippen molar-refractivity contribution >= 4 is 0 Å². The second-order valence-electron chi connectivity index (χ2n) is 3.20. The summed E-state index contributed by atoms with van der Waals surface area (Å²) in [5.41, 5.74) is -1.66. The number of hydrogen-bond acceptors (Lipinski definition) is 3. The van der Waals surface area contributed by atoms with Gasteiger partial charge in [0, 0.05) is 13.1 Å². The summed E-state index contributed by atoms with van der Waals surface area (Å²) in [7, 11) is 1.25. The second kappa shape index (κ2) is 3.98. The molecule has 15 heavy (non-hydrogen) atoms. The zero-order valence-corrected chi connectivity index (χ0v) is 8.24. The molecule has 2 N–H and O–H groups in total. The molecule has 1 rings (SSSR count). The van der Waals surface area contributed by atoms with Crippen molar-refractivity contribution in [1.29, 1.82) is 0 Å². The van der Waals surface area contributed by atoms with Gasteiger partial charge in [-0.25, -0.2) is 8.78 Å². The lowest BCUT2D eigenvalue weighted by Gasteiger charge is -2.16. The third-order valence-electron chi connectivity index (χ3n) is 2.12. The molecule has 6 heteroatoms. The molecule has 0 aliphatic rings. The fraction of sp³-hybridized carbons (Fsp3) is 0.444. The van der Waals surface area contributed by atoms with Crippen molar-refractivity contribution in [3.8, 4) is 5.75 Å². The summed E-state index contributed by atoms with van der Waals surface area (Å²) in [6.07, 6.45) is -4.03.